The van der Waals surface area contributed by atoms with Crippen molar-refractivity contribution in [1.29, 1.82) is 0 Å². The van der Waals surface area contributed by atoms with E-state index in [-0.39, 0.29) is 50.4 Å². The van der Waals surface area contributed by atoms with E-state index in [4.69, 9.17) is 16.0 Å². The Kier molecular flexibility index (Phi) is 6.98. The van der Waals surface area contributed by atoms with Gasteiger partial charge in [0.25, 0.3) is 0 Å². The smallest absolute Gasteiger partial charge is 0.248 e. The Balaban J connectivity index is 1.47. The van der Waals surface area contributed by atoms with Gasteiger partial charge in [0.05, 0.1) is 19.2 Å². The van der Waals surface area contributed by atoms with Crippen LogP contribution in [0.1, 0.15) is 16.9 Å². The number of benzene rings is 2. The van der Waals surface area contributed by atoms with Crippen LogP contribution < -0.4 is 4.90 Å². The Morgan fingerprint density at radius 3 is 2.59 bits per heavy atom. The fourth-order valence-electron chi connectivity index (χ4n) is 3.79. The Hall–Kier alpha value is -3.65. The van der Waals surface area contributed by atoms with Crippen molar-refractivity contribution >= 4 is 35.0 Å². The lowest BCUT2D eigenvalue weighted by atomic mass is 10.1. The summed E-state index contributed by atoms with van der Waals surface area (Å²) in [6.07, 6.45) is 1.49. The van der Waals surface area contributed by atoms with Crippen molar-refractivity contribution in [2.45, 2.75) is 19.9 Å². The molecule has 1 aliphatic heterocycles. The van der Waals surface area contributed by atoms with E-state index in [9.17, 15) is 18.8 Å². The molecule has 0 N–H and O–H groups in total. The van der Waals surface area contributed by atoms with E-state index in [1.807, 2.05) is 6.92 Å². The molecule has 4 rings (SSSR count). The van der Waals surface area contributed by atoms with E-state index in [2.05, 4.69) is 0 Å². The average molecular weight is 484 g/mol. The first kappa shape index (κ1) is 23.5. The predicted molar refractivity (Wildman–Crippen MR) is 124 cm³/mol. The second-order valence-electron chi connectivity index (χ2n) is 8.07. The zero-order valence-corrected chi connectivity index (χ0v) is 19.3. The van der Waals surface area contributed by atoms with Crippen LogP contribution in [-0.4, -0.2) is 47.3 Å². The van der Waals surface area contributed by atoms with Crippen LogP contribution in [0.4, 0.5) is 10.1 Å². The van der Waals surface area contributed by atoms with Crippen molar-refractivity contribution in [3.05, 3.63) is 88.6 Å². The first-order valence-corrected chi connectivity index (χ1v) is 11.1. The summed E-state index contributed by atoms with van der Waals surface area (Å²) in [6.45, 7) is 1.66. The highest BCUT2D eigenvalue weighted by molar-refractivity contribution is 6.31. The molecule has 0 unspecified atom stereocenters. The molecule has 34 heavy (non-hydrogen) atoms. The lowest BCUT2D eigenvalue weighted by Gasteiger charge is -2.25. The first-order chi connectivity index (χ1) is 16.3. The van der Waals surface area contributed by atoms with Gasteiger partial charge in [0.15, 0.2) is 0 Å². The highest BCUT2D eigenvalue weighted by Gasteiger charge is 2.34. The number of anilines is 1. The zero-order valence-electron chi connectivity index (χ0n) is 18.5. The molecule has 2 heterocycles. The van der Waals surface area contributed by atoms with Gasteiger partial charge < -0.3 is 14.2 Å². The molecule has 3 aromatic rings. The standard InChI is InChI=1S/C25H23ClFN3O4/c1-17-21(26)5-2-6-22(17)30-16-29(15-25(30)33)24(32)14-28(13-20-4-3-11-34-20)23(31)12-18-7-9-19(27)10-8-18/h2-11H,12-16H2,1H3. The van der Waals surface area contributed by atoms with Gasteiger partial charge in [-0.3, -0.25) is 19.3 Å². The van der Waals surface area contributed by atoms with Gasteiger partial charge in [-0.2, -0.15) is 0 Å². The third-order valence-electron chi connectivity index (χ3n) is 5.70. The number of halogens is 2. The Morgan fingerprint density at radius 2 is 1.88 bits per heavy atom. The van der Waals surface area contributed by atoms with Crippen LogP contribution >= 0.6 is 11.6 Å². The molecule has 0 radical (unpaired) electrons. The molecule has 0 spiro atoms. The van der Waals surface area contributed by atoms with Crippen LogP contribution in [0.2, 0.25) is 5.02 Å². The zero-order chi connectivity index (χ0) is 24.2. The molecule has 0 aliphatic carbocycles. The summed E-state index contributed by atoms with van der Waals surface area (Å²) in [4.78, 5) is 43.1. The number of hydrogen-bond donors (Lipinski definition) is 0. The fraction of sp³-hybridized carbons (Fsp3) is 0.240. The summed E-state index contributed by atoms with van der Waals surface area (Å²) in [7, 11) is 0. The van der Waals surface area contributed by atoms with Crippen LogP contribution in [0.5, 0.6) is 0 Å². The van der Waals surface area contributed by atoms with E-state index in [0.29, 0.717) is 22.0 Å². The van der Waals surface area contributed by atoms with Crippen molar-refractivity contribution in [3.63, 3.8) is 0 Å². The maximum absolute atomic E-state index is 13.2. The van der Waals surface area contributed by atoms with Crippen molar-refractivity contribution in [3.8, 4) is 0 Å². The molecule has 176 valence electrons. The number of rotatable bonds is 7. The van der Waals surface area contributed by atoms with Crippen LogP contribution in [0, 0.1) is 12.7 Å². The minimum Gasteiger partial charge on any atom is -0.467 e. The van der Waals surface area contributed by atoms with E-state index >= 15 is 0 Å². The van der Waals surface area contributed by atoms with E-state index in [1.54, 1.807) is 30.3 Å². The fourth-order valence-corrected chi connectivity index (χ4v) is 3.96. The summed E-state index contributed by atoms with van der Waals surface area (Å²) in [6, 6.07) is 14.3. The summed E-state index contributed by atoms with van der Waals surface area (Å²) < 4.78 is 18.6. The van der Waals surface area contributed by atoms with E-state index in [1.165, 1.54) is 45.2 Å². The number of carbonyl (C=O) groups excluding carboxylic acids is 3. The maximum Gasteiger partial charge on any atom is 0.248 e. The quantitative estimate of drug-likeness (QED) is 0.512. The molecular weight excluding hydrogens is 461 g/mol. The topological polar surface area (TPSA) is 74.1 Å². The third kappa shape index (κ3) is 5.28. The molecule has 1 saturated heterocycles. The lowest BCUT2D eigenvalue weighted by molar-refractivity contribution is -0.140. The van der Waals surface area contributed by atoms with Gasteiger partial charge in [-0.1, -0.05) is 29.8 Å². The van der Waals surface area contributed by atoms with Crippen molar-refractivity contribution < 1.29 is 23.2 Å². The summed E-state index contributed by atoms with van der Waals surface area (Å²) in [5.74, 6) is -0.779. The molecule has 0 bridgehead atoms. The molecule has 0 saturated carbocycles. The SMILES string of the molecule is Cc1c(Cl)cccc1N1CN(C(=O)CN(Cc2ccco2)C(=O)Cc2ccc(F)cc2)CC1=O. The van der Waals surface area contributed by atoms with Gasteiger partial charge in [0.2, 0.25) is 17.7 Å². The van der Waals surface area contributed by atoms with Gasteiger partial charge >= 0.3 is 0 Å². The highest BCUT2D eigenvalue weighted by Crippen LogP contribution is 2.28. The Bertz CT molecular complexity index is 1200. The van der Waals surface area contributed by atoms with Crippen molar-refractivity contribution in [1.82, 2.24) is 9.80 Å². The number of amides is 3. The van der Waals surface area contributed by atoms with Crippen LogP contribution in [0.25, 0.3) is 0 Å². The van der Waals surface area contributed by atoms with Gasteiger partial charge in [-0.25, -0.2) is 4.39 Å². The largest absolute Gasteiger partial charge is 0.467 e. The molecule has 1 aliphatic rings. The van der Waals surface area contributed by atoms with E-state index in [0.717, 1.165) is 5.56 Å². The predicted octanol–water partition coefficient (Wildman–Crippen LogP) is 3.78. The van der Waals surface area contributed by atoms with Gasteiger partial charge in [0, 0.05) is 10.7 Å². The summed E-state index contributed by atoms with van der Waals surface area (Å²) in [5.41, 5.74) is 2.02. The molecule has 7 nitrogen and oxygen atoms in total. The van der Waals surface area contributed by atoms with Crippen molar-refractivity contribution in [2.24, 2.45) is 0 Å². The minimum atomic E-state index is -0.392. The third-order valence-corrected chi connectivity index (χ3v) is 6.11. The summed E-state index contributed by atoms with van der Waals surface area (Å²) >= 11 is 6.19. The molecule has 1 fully saturated rings. The summed E-state index contributed by atoms with van der Waals surface area (Å²) in [5, 5.41) is 0.533. The Morgan fingerprint density at radius 1 is 1.12 bits per heavy atom. The molecular formula is C25H23ClFN3O4. The molecule has 2 aromatic carbocycles. The molecule has 3 amide bonds. The van der Waals surface area contributed by atoms with E-state index < -0.39 is 5.82 Å². The number of furan rings is 1. The van der Waals surface area contributed by atoms with Crippen LogP contribution in [-0.2, 0) is 27.3 Å². The lowest BCUT2D eigenvalue weighted by Crippen LogP contribution is -2.43. The Labute approximate surface area is 201 Å². The minimum absolute atomic E-state index is 0.00103. The molecule has 1 aromatic heterocycles. The maximum atomic E-state index is 13.2. The second kappa shape index (κ2) is 10.1. The highest BCUT2D eigenvalue weighted by atomic mass is 35.5. The van der Waals surface area contributed by atoms with Crippen LogP contribution in [0.15, 0.2) is 65.3 Å². The number of nitrogens with zero attached hydrogens (tertiary/aromatic N) is 3. The van der Waals surface area contributed by atoms with Crippen molar-refractivity contribution in [2.75, 3.05) is 24.7 Å². The molecule has 0 atom stereocenters. The average Bonchev–Trinajstić information content (AvgIpc) is 3.46. The van der Waals surface area contributed by atoms with Gasteiger partial charge in [-0.05, 0) is 54.4 Å². The van der Waals surface area contributed by atoms with Gasteiger partial charge in [-0.15, -0.1) is 0 Å². The number of hydrogen-bond acceptors (Lipinski definition) is 4. The number of carbonyl (C=O) groups is 3. The first-order valence-electron chi connectivity index (χ1n) is 10.7. The van der Waals surface area contributed by atoms with Gasteiger partial charge in [0.1, 0.15) is 31.3 Å². The molecule has 9 heteroatoms. The second-order valence-corrected chi connectivity index (χ2v) is 8.48. The normalized spacial score (nSPS) is 13.4. The monoisotopic (exact) mass is 483 g/mol. The van der Waals surface area contributed by atoms with Crippen LogP contribution in [0.3, 0.4) is 0 Å².